The molecule has 0 heteroatoms. The molecule has 0 aromatic heterocycles. The Kier molecular flexibility index (Phi) is 6.46. The largest absolute Gasteiger partial charge is 0.0735 e. The average Bonchev–Trinajstić information content (AvgIpc) is 3.02. The lowest BCUT2D eigenvalue weighted by atomic mass is 9.95. The van der Waals surface area contributed by atoms with Gasteiger partial charge in [0.15, 0.2) is 0 Å². The van der Waals surface area contributed by atoms with Gasteiger partial charge in [-0.15, -0.1) is 0 Å². The first kappa shape index (κ1) is 15.3. The minimum atomic E-state index is 0.725. The fourth-order valence-corrected chi connectivity index (χ4v) is 2.29. The zero-order valence-corrected chi connectivity index (χ0v) is 12.9. The summed E-state index contributed by atoms with van der Waals surface area (Å²) in [5, 5.41) is 0. The van der Waals surface area contributed by atoms with Crippen molar-refractivity contribution in [1.29, 1.82) is 0 Å². The molecule has 0 aromatic rings. The smallest absolute Gasteiger partial charge is 0.000724 e. The van der Waals surface area contributed by atoms with Crippen molar-refractivity contribution in [3.05, 3.63) is 34.9 Å². The molecule has 0 fully saturated rings. The second-order valence-electron chi connectivity index (χ2n) is 5.95. The summed E-state index contributed by atoms with van der Waals surface area (Å²) in [7, 11) is 0. The van der Waals surface area contributed by atoms with Crippen LogP contribution in [-0.2, 0) is 0 Å². The van der Waals surface area contributed by atoms with Gasteiger partial charge in [0.2, 0.25) is 0 Å². The second kappa shape index (κ2) is 7.61. The van der Waals surface area contributed by atoms with Crippen LogP contribution >= 0.6 is 0 Å². The van der Waals surface area contributed by atoms with Crippen molar-refractivity contribution in [1.82, 2.24) is 0 Å². The predicted molar refractivity (Wildman–Crippen MR) is 82.7 cm³/mol. The predicted octanol–water partition coefficient (Wildman–Crippen LogP) is 6.06. The van der Waals surface area contributed by atoms with Crippen molar-refractivity contribution in [2.24, 2.45) is 11.8 Å². The molecule has 2 atom stereocenters. The topological polar surface area (TPSA) is 0 Å². The van der Waals surface area contributed by atoms with Crippen molar-refractivity contribution in [2.45, 2.75) is 66.7 Å². The Bertz CT molecular complexity index is 341. The zero-order chi connectivity index (χ0) is 13.5. The summed E-state index contributed by atoms with van der Waals surface area (Å²) >= 11 is 0. The lowest BCUT2D eigenvalue weighted by Gasteiger charge is -2.11. The van der Waals surface area contributed by atoms with E-state index in [4.69, 9.17) is 0 Å². The van der Waals surface area contributed by atoms with Gasteiger partial charge in [-0.2, -0.15) is 0 Å². The summed E-state index contributed by atoms with van der Waals surface area (Å²) in [4.78, 5) is 0. The highest BCUT2D eigenvalue weighted by Gasteiger charge is 2.16. The molecular formula is C18H30. The fraction of sp³-hybridized carbons (Fsp3) is 0.667. The first-order valence-electron chi connectivity index (χ1n) is 7.66. The van der Waals surface area contributed by atoms with Crippen molar-refractivity contribution >= 4 is 0 Å². The molecule has 0 bridgehead atoms. The molecule has 0 saturated carbocycles. The molecule has 0 aromatic carbocycles. The standard InChI is InChI=1S/C18H30/c1-6-8-15(4)9-10-17(11-14(3)7-2)13-18-12-16(18)5/h11-13,15-16H,6-10H2,1-5H3. The van der Waals surface area contributed by atoms with Gasteiger partial charge in [0, 0.05) is 0 Å². The van der Waals surface area contributed by atoms with Crippen LogP contribution < -0.4 is 0 Å². The maximum atomic E-state index is 2.42. The molecule has 0 aliphatic heterocycles. The molecule has 1 aliphatic rings. The van der Waals surface area contributed by atoms with Crippen LogP contribution in [0.4, 0.5) is 0 Å². The van der Waals surface area contributed by atoms with E-state index >= 15 is 0 Å². The van der Waals surface area contributed by atoms with E-state index < -0.39 is 0 Å². The van der Waals surface area contributed by atoms with Gasteiger partial charge in [0.1, 0.15) is 0 Å². The number of rotatable bonds is 8. The summed E-state index contributed by atoms with van der Waals surface area (Å²) in [6, 6.07) is 0. The fourth-order valence-electron chi connectivity index (χ4n) is 2.29. The van der Waals surface area contributed by atoms with E-state index in [0.29, 0.717) is 0 Å². The van der Waals surface area contributed by atoms with Gasteiger partial charge >= 0.3 is 0 Å². The number of allylic oxidation sites excluding steroid dienone is 6. The summed E-state index contributed by atoms with van der Waals surface area (Å²) in [6.45, 7) is 11.4. The molecule has 0 saturated heterocycles. The van der Waals surface area contributed by atoms with E-state index in [9.17, 15) is 0 Å². The van der Waals surface area contributed by atoms with Crippen LogP contribution in [0.1, 0.15) is 66.7 Å². The van der Waals surface area contributed by atoms with E-state index in [0.717, 1.165) is 18.3 Å². The summed E-state index contributed by atoms with van der Waals surface area (Å²) < 4.78 is 0. The van der Waals surface area contributed by atoms with Crippen LogP contribution in [0.2, 0.25) is 0 Å². The first-order chi connectivity index (χ1) is 8.56. The molecule has 0 amide bonds. The normalized spacial score (nSPS) is 21.8. The molecule has 102 valence electrons. The molecule has 1 aliphatic carbocycles. The van der Waals surface area contributed by atoms with Gasteiger partial charge in [-0.1, -0.05) is 64.3 Å². The molecule has 1 rings (SSSR count). The molecule has 0 nitrogen and oxygen atoms in total. The Hall–Kier alpha value is -0.780. The summed E-state index contributed by atoms with van der Waals surface area (Å²) in [5.41, 5.74) is 4.57. The lowest BCUT2D eigenvalue weighted by Crippen LogP contribution is -1.95. The quantitative estimate of drug-likeness (QED) is 0.456. The highest BCUT2D eigenvalue weighted by atomic mass is 14.2. The van der Waals surface area contributed by atoms with Crippen molar-refractivity contribution in [3.63, 3.8) is 0 Å². The van der Waals surface area contributed by atoms with Gasteiger partial charge < -0.3 is 0 Å². The maximum absolute atomic E-state index is 2.42. The highest BCUT2D eigenvalue weighted by molar-refractivity contribution is 5.43. The van der Waals surface area contributed by atoms with Gasteiger partial charge in [-0.3, -0.25) is 0 Å². The molecular weight excluding hydrogens is 216 g/mol. The Morgan fingerprint density at radius 3 is 2.50 bits per heavy atom. The SMILES string of the molecule is CCCC(C)CCC(C=C(C)CC)=CC1=CC1C. The van der Waals surface area contributed by atoms with Gasteiger partial charge in [-0.25, -0.2) is 0 Å². The van der Waals surface area contributed by atoms with E-state index in [2.05, 4.69) is 52.8 Å². The minimum absolute atomic E-state index is 0.725. The van der Waals surface area contributed by atoms with E-state index in [1.165, 1.54) is 42.4 Å². The maximum Gasteiger partial charge on any atom is -0.000724 e. The minimum Gasteiger partial charge on any atom is -0.0735 e. The van der Waals surface area contributed by atoms with E-state index in [1.807, 2.05) is 0 Å². The van der Waals surface area contributed by atoms with E-state index in [-0.39, 0.29) is 0 Å². The first-order valence-corrected chi connectivity index (χ1v) is 7.66. The van der Waals surface area contributed by atoms with Crippen molar-refractivity contribution in [2.75, 3.05) is 0 Å². The Morgan fingerprint density at radius 1 is 1.33 bits per heavy atom. The van der Waals surface area contributed by atoms with Gasteiger partial charge in [0.05, 0.1) is 0 Å². The Labute approximate surface area is 114 Å². The van der Waals surface area contributed by atoms with Crippen molar-refractivity contribution in [3.8, 4) is 0 Å². The lowest BCUT2D eigenvalue weighted by molar-refractivity contribution is 0.487. The zero-order valence-electron chi connectivity index (χ0n) is 12.9. The monoisotopic (exact) mass is 246 g/mol. The molecule has 0 N–H and O–H groups in total. The molecule has 0 heterocycles. The van der Waals surface area contributed by atoms with Crippen LogP contribution in [0, 0.1) is 11.8 Å². The van der Waals surface area contributed by atoms with Crippen LogP contribution in [0.25, 0.3) is 0 Å². The summed E-state index contributed by atoms with van der Waals surface area (Å²) in [6.07, 6.45) is 13.6. The van der Waals surface area contributed by atoms with Crippen LogP contribution in [0.3, 0.4) is 0 Å². The van der Waals surface area contributed by atoms with Gasteiger partial charge in [-0.05, 0) is 49.2 Å². The van der Waals surface area contributed by atoms with Gasteiger partial charge in [0.25, 0.3) is 0 Å². The van der Waals surface area contributed by atoms with E-state index in [1.54, 1.807) is 0 Å². The third-order valence-corrected chi connectivity index (χ3v) is 3.91. The molecule has 18 heavy (non-hydrogen) atoms. The van der Waals surface area contributed by atoms with Crippen LogP contribution in [-0.4, -0.2) is 0 Å². The molecule has 0 radical (unpaired) electrons. The molecule has 2 unspecified atom stereocenters. The molecule has 0 spiro atoms. The van der Waals surface area contributed by atoms with Crippen LogP contribution in [0.5, 0.6) is 0 Å². The van der Waals surface area contributed by atoms with Crippen molar-refractivity contribution < 1.29 is 0 Å². The summed E-state index contributed by atoms with van der Waals surface area (Å²) in [5.74, 6) is 1.59. The Balaban J connectivity index is 2.56. The van der Waals surface area contributed by atoms with Crippen LogP contribution in [0.15, 0.2) is 34.9 Å². The highest BCUT2D eigenvalue weighted by Crippen LogP contribution is 2.31. The Morgan fingerprint density at radius 2 is 2.00 bits per heavy atom. The number of hydrogen-bond acceptors (Lipinski definition) is 0. The third kappa shape index (κ3) is 5.71. The third-order valence-electron chi connectivity index (χ3n) is 3.91. The average molecular weight is 246 g/mol. The second-order valence-corrected chi connectivity index (χ2v) is 5.95. The number of hydrogen-bond donors (Lipinski definition) is 0.